The zero-order chi connectivity index (χ0) is 12.7. The molecule has 0 saturated carbocycles. The maximum absolute atomic E-state index is 11.3. The van der Waals surface area contributed by atoms with Gasteiger partial charge in [-0.3, -0.25) is 9.59 Å². The summed E-state index contributed by atoms with van der Waals surface area (Å²) in [6, 6.07) is -1.42. The highest BCUT2D eigenvalue weighted by atomic mass is 16.5. The number of carboxylic acids is 1. The Balaban J connectivity index is 4.06. The van der Waals surface area contributed by atoms with Gasteiger partial charge >= 0.3 is 11.9 Å². The van der Waals surface area contributed by atoms with Crippen LogP contribution in [-0.4, -0.2) is 42.1 Å². The second-order valence-corrected chi connectivity index (χ2v) is 3.21. The molecule has 0 bridgehead atoms. The lowest BCUT2D eigenvalue weighted by Crippen LogP contribution is -2.48. The van der Waals surface area contributed by atoms with Gasteiger partial charge in [0.2, 0.25) is 5.91 Å². The quantitative estimate of drug-likeness (QED) is 0.387. The number of nitrogens with one attached hydrogen (secondary N) is 1. The van der Waals surface area contributed by atoms with Crippen LogP contribution in [0.1, 0.15) is 13.8 Å². The summed E-state index contributed by atoms with van der Waals surface area (Å²) in [5.74, 6) is -3.35. The van der Waals surface area contributed by atoms with Crippen molar-refractivity contribution in [1.29, 1.82) is 0 Å². The van der Waals surface area contributed by atoms with Crippen LogP contribution in [0.4, 0.5) is 0 Å². The largest absolute Gasteiger partial charge is 0.481 e. The second-order valence-electron chi connectivity index (χ2n) is 3.21. The zero-order valence-electron chi connectivity index (χ0n) is 9.23. The van der Waals surface area contributed by atoms with Gasteiger partial charge in [0.1, 0.15) is 0 Å². The minimum atomic E-state index is -1.42. The second kappa shape index (κ2) is 6.78. The summed E-state index contributed by atoms with van der Waals surface area (Å²) in [4.78, 5) is 32.7. The molecule has 2 unspecified atom stereocenters. The fourth-order valence-corrected chi connectivity index (χ4v) is 0.790. The van der Waals surface area contributed by atoms with Crippen LogP contribution >= 0.6 is 0 Å². The third-order valence-electron chi connectivity index (χ3n) is 1.83. The molecule has 0 aromatic rings. The number of esters is 1. The van der Waals surface area contributed by atoms with Crippen molar-refractivity contribution in [2.45, 2.75) is 19.9 Å². The first-order valence-electron chi connectivity index (χ1n) is 4.82. The minimum absolute atomic E-state index is 0.0821. The van der Waals surface area contributed by atoms with Gasteiger partial charge in [-0.05, 0) is 6.92 Å². The van der Waals surface area contributed by atoms with Gasteiger partial charge in [0.25, 0.3) is 0 Å². The summed E-state index contributed by atoms with van der Waals surface area (Å²) < 4.78 is 4.54. The van der Waals surface area contributed by atoms with E-state index in [1.807, 2.05) is 0 Å². The monoisotopic (exact) mass is 232 g/mol. The normalized spacial score (nSPS) is 13.7. The zero-order valence-corrected chi connectivity index (χ0v) is 9.23. The van der Waals surface area contributed by atoms with E-state index in [-0.39, 0.29) is 13.2 Å². The molecule has 1 amide bonds. The van der Waals surface area contributed by atoms with Crippen LogP contribution in [0.5, 0.6) is 0 Å². The standard InChI is InChI=1S/C9H16N2O5/c1-3-16-9(15)6(10)7(12)11-4-5(2)8(13)14/h5-6H,3-4,10H2,1-2H3,(H,11,12)(H,13,14). The van der Waals surface area contributed by atoms with E-state index >= 15 is 0 Å². The van der Waals surface area contributed by atoms with Crippen molar-refractivity contribution in [3.63, 3.8) is 0 Å². The van der Waals surface area contributed by atoms with Gasteiger partial charge in [-0.1, -0.05) is 6.92 Å². The highest BCUT2D eigenvalue weighted by molar-refractivity contribution is 6.01. The van der Waals surface area contributed by atoms with E-state index in [0.29, 0.717) is 0 Å². The molecule has 0 aliphatic rings. The molecule has 0 saturated heterocycles. The first-order chi connectivity index (χ1) is 7.40. The maximum atomic E-state index is 11.3. The Bertz CT molecular complexity index is 279. The van der Waals surface area contributed by atoms with Gasteiger partial charge in [-0.25, -0.2) is 4.79 Å². The molecule has 0 spiro atoms. The molecule has 7 heteroatoms. The molecule has 0 aromatic carbocycles. The number of nitrogens with two attached hydrogens (primary N) is 1. The van der Waals surface area contributed by atoms with E-state index in [9.17, 15) is 14.4 Å². The van der Waals surface area contributed by atoms with Crippen molar-refractivity contribution >= 4 is 17.8 Å². The number of carbonyl (C=O) groups excluding carboxylic acids is 2. The third kappa shape index (κ3) is 4.74. The fourth-order valence-electron chi connectivity index (χ4n) is 0.790. The molecule has 16 heavy (non-hydrogen) atoms. The van der Waals surface area contributed by atoms with Gasteiger partial charge in [0.05, 0.1) is 12.5 Å². The average molecular weight is 232 g/mol. The molecule has 2 atom stereocenters. The number of aliphatic carboxylic acids is 1. The minimum Gasteiger partial charge on any atom is -0.481 e. The first kappa shape index (κ1) is 14.4. The Morgan fingerprint density at radius 3 is 2.44 bits per heavy atom. The number of ether oxygens (including phenoxy) is 1. The fraction of sp³-hybridized carbons (Fsp3) is 0.667. The van der Waals surface area contributed by atoms with E-state index in [1.54, 1.807) is 6.92 Å². The average Bonchev–Trinajstić information content (AvgIpc) is 2.24. The SMILES string of the molecule is CCOC(=O)C(N)C(=O)NCC(C)C(=O)O. The van der Waals surface area contributed by atoms with Crippen LogP contribution in [0.25, 0.3) is 0 Å². The number of rotatable bonds is 6. The first-order valence-corrected chi connectivity index (χ1v) is 4.82. The van der Waals surface area contributed by atoms with Crippen LogP contribution in [0.15, 0.2) is 0 Å². The lowest BCUT2D eigenvalue weighted by atomic mass is 10.2. The third-order valence-corrected chi connectivity index (χ3v) is 1.83. The Morgan fingerprint density at radius 2 is 2.00 bits per heavy atom. The lowest BCUT2D eigenvalue weighted by Gasteiger charge is -2.12. The van der Waals surface area contributed by atoms with Crippen molar-refractivity contribution in [3.05, 3.63) is 0 Å². The lowest BCUT2D eigenvalue weighted by molar-refractivity contribution is -0.148. The topological polar surface area (TPSA) is 119 Å². The maximum Gasteiger partial charge on any atom is 0.332 e. The van der Waals surface area contributed by atoms with E-state index in [1.165, 1.54) is 6.92 Å². The molecule has 92 valence electrons. The summed E-state index contributed by atoms with van der Waals surface area (Å²) in [6.45, 7) is 3.07. The molecule has 0 aromatic heterocycles. The van der Waals surface area contributed by atoms with Gasteiger partial charge in [0.15, 0.2) is 6.04 Å². The van der Waals surface area contributed by atoms with Gasteiger partial charge in [-0.15, -0.1) is 0 Å². The Labute approximate surface area is 92.9 Å². The molecular weight excluding hydrogens is 216 g/mol. The Kier molecular flexibility index (Phi) is 6.09. The Morgan fingerprint density at radius 1 is 1.44 bits per heavy atom. The van der Waals surface area contributed by atoms with Gasteiger partial charge in [0, 0.05) is 6.54 Å². The summed E-state index contributed by atoms with van der Waals surface area (Å²) >= 11 is 0. The van der Waals surface area contributed by atoms with E-state index in [4.69, 9.17) is 10.8 Å². The smallest absolute Gasteiger partial charge is 0.332 e. The number of carbonyl (C=O) groups is 3. The molecule has 7 nitrogen and oxygen atoms in total. The molecule has 4 N–H and O–H groups in total. The van der Waals surface area contributed by atoms with Gasteiger partial charge < -0.3 is 20.9 Å². The molecule has 0 aliphatic carbocycles. The van der Waals surface area contributed by atoms with Crippen molar-refractivity contribution in [2.75, 3.05) is 13.2 Å². The van der Waals surface area contributed by atoms with E-state index in [2.05, 4.69) is 10.1 Å². The summed E-state index contributed by atoms with van der Waals surface area (Å²) in [5, 5.41) is 10.8. The predicted molar refractivity (Wildman–Crippen MR) is 54.4 cm³/mol. The molecule has 0 rings (SSSR count). The van der Waals surface area contributed by atoms with Crippen LogP contribution < -0.4 is 11.1 Å². The molecule has 0 heterocycles. The molecule has 0 radical (unpaired) electrons. The summed E-state index contributed by atoms with van der Waals surface area (Å²) in [5.41, 5.74) is 5.28. The molecule has 0 aliphatic heterocycles. The van der Waals surface area contributed by atoms with E-state index in [0.717, 1.165) is 0 Å². The van der Waals surface area contributed by atoms with Gasteiger partial charge in [-0.2, -0.15) is 0 Å². The van der Waals surface area contributed by atoms with Crippen LogP contribution in [-0.2, 0) is 19.1 Å². The molecular formula is C9H16N2O5. The summed E-state index contributed by atoms with van der Waals surface area (Å²) in [7, 11) is 0. The number of carboxylic acid groups (broad SMARTS) is 1. The van der Waals surface area contributed by atoms with Crippen molar-refractivity contribution in [1.82, 2.24) is 5.32 Å². The number of hydrogen-bond donors (Lipinski definition) is 3. The van der Waals surface area contributed by atoms with Crippen molar-refractivity contribution in [3.8, 4) is 0 Å². The van der Waals surface area contributed by atoms with E-state index < -0.39 is 29.8 Å². The summed E-state index contributed by atoms with van der Waals surface area (Å²) in [6.07, 6.45) is 0. The van der Waals surface area contributed by atoms with Crippen LogP contribution in [0.2, 0.25) is 0 Å². The Hall–Kier alpha value is -1.63. The number of hydrogen-bond acceptors (Lipinski definition) is 5. The van der Waals surface area contributed by atoms with Crippen LogP contribution in [0.3, 0.4) is 0 Å². The highest BCUT2D eigenvalue weighted by Crippen LogP contribution is 1.93. The highest BCUT2D eigenvalue weighted by Gasteiger charge is 2.24. The van der Waals surface area contributed by atoms with Crippen molar-refractivity contribution < 1.29 is 24.2 Å². The number of amides is 1. The predicted octanol–water partition coefficient (Wildman–Crippen LogP) is -1.29. The van der Waals surface area contributed by atoms with Crippen LogP contribution in [0, 0.1) is 5.92 Å². The van der Waals surface area contributed by atoms with Crippen molar-refractivity contribution in [2.24, 2.45) is 11.7 Å². The molecule has 0 fully saturated rings.